The minimum Gasteiger partial charge on any atom is -0.341 e. The van der Waals surface area contributed by atoms with Crippen LogP contribution in [0.3, 0.4) is 0 Å². The zero-order valence-electron chi connectivity index (χ0n) is 75.3. The molecule has 24 rings (SSSR count). The van der Waals surface area contributed by atoms with Crippen molar-refractivity contribution in [3.63, 3.8) is 0 Å². The molecule has 0 atom stereocenters. The van der Waals surface area contributed by atoms with Gasteiger partial charge in [0.25, 0.3) is 0 Å². The fraction of sp³-hybridized carbons (Fsp3) is 0.0781. The van der Waals surface area contributed by atoms with E-state index in [1.165, 1.54) is 276 Å². The molecule has 0 amide bonds. The van der Waals surface area contributed by atoms with Crippen LogP contribution in [0.4, 0.5) is 0 Å². The van der Waals surface area contributed by atoms with Gasteiger partial charge in [-0.05, 0) is 340 Å². The van der Waals surface area contributed by atoms with Crippen LogP contribution in [0.25, 0.3) is 231 Å². The summed E-state index contributed by atoms with van der Waals surface area (Å²) in [5.74, 6) is 0. The van der Waals surface area contributed by atoms with Gasteiger partial charge in [0.05, 0.1) is 22.1 Å². The molecule has 0 N–H and O–H groups in total. The van der Waals surface area contributed by atoms with E-state index in [9.17, 15) is 0 Å². The molecule has 0 unspecified atom stereocenters. The Bertz CT molecular complexity index is 8270. The van der Waals surface area contributed by atoms with Crippen molar-refractivity contribution in [3.05, 3.63) is 457 Å². The second-order valence-electron chi connectivity index (χ2n) is 35.8. The first kappa shape index (κ1) is 79.7. The predicted octanol–water partition coefficient (Wildman–Crippen LogP) is 35.4. The highest BCUT2D eigenvalue weighted by Crippen LogP contribution is 2.53. The lowest BCUT2D eigenvalue weighted by atomic mass is 9.76. The fourth-order valence-corrected chi connectivity index (χ4v) is 21.7. The third-order valence-corrected chi connectivity index (χ3v) is 29.0. The van der Waals surface area contributed by atoms with Crippen molar-refractivity contribution in [3.8, 4) is 123 Å². The average Bonchev–Trinajstić information content (AvgIpc) is 0.797. The van der Waals surface area contributed by atoms with Crippen LogP contribution in [0.1, 0.15) is 51.4 Å². The fourth-order valence-electron chi connectivity index (χ4n) is 21.7. The molecule has 0 aliphatic carbocycles. The normalized spacial score (nSPS) is 11.7. The highest BCUT2D eigenvalue weighted by molar-refractivity contribution is 6.26. The summed E-state index contributed by atoms with van der Waals surface area (Å²) in [5.41, 5.74) is 45.5. The van der Waals surface area contributed by atoms with Gasteiger partial charge < -0.3 is 13.7 Å². The van der Waals surface area contributed by atoms with E-state index >= 15 is 0 Å². The number of aryl methyl sites for hydroxylation is 5. The SMILES string of the molecule is CCn1c2ccccc2c2cc(-c3ccc(-c4ccc(-c5c6c(C)c(C)c(C)c(C)c6c(-c6ccc(-c7ccc(-c8ccccc8)cc7)cc6)c6c(C)c(C)c(C)c(C)c56)cc4)cc3)ccc21.c1ccc(-n2c3ccccc3c3cc(-c4ccc(-c5c6ccccc6c(-c6ccc(-c7ccc8c(c7)c7ccccc7n8-c7ccccc7)cc6)c6ccccc56)cc4)ccc32)cc1. The molecule has 131 heavy (non-hydrogen) atoms. The van der Waals surface area contributed by atoms with Crippen LogP contribution in [0.5, 0.6) is 0 Å². The largest absolute Gasteiger partial charge is 0.341 e. The highest BCUT2D eigenvalue weighted by Gasteiger charge is 2.28. The standard InChI is InChI=1S/C66H57N.C62H40N2/c1-10-67-59-19-15-14-18-57(59)58-38-56(36-37-60(58)67)53-26-24-50(25-27-53)52-30-34-55(35-31-52)66-63-45(8)41(4)39(2)43(6)61(63)65(62-44(7)40(3)42(5)46(9)64(62)66)54-32-28-51(29-33-54)49-22-20-48(21-23-49)47-16-12-11-13-17-47;1-3-15-47(16-4-1)63-57-25-13-11-19-49(57)55-39-45(35-37-59(55)63)41-27-31-43(32-28-41)61-51-21-7-9-23-53(51)62(54-24-10-8-22-52(54)61)44-33-29-42(30-34-44)46-36-38-60-56(40-46)50-20-12-14-26-58(50)64(60)48-17-5-2-6-18-48/h11-38H,10H2,1-9H3;1-40H. The van der Waals surface area contributed by atoms with Gasteiger partial charge in [0.1, 0.15) is 0 Å². The lowest BCUT2D eigenvalue weighted by Gasteiger charge is -2.27. The van der Waals surface area contributed by atoms with Crippen molar-refractivity contribution in [2.24, 2.45) is 0 Å². The van der Waals surface area contributed by atoms with Gasteiger partial charge in [-0.2, -0.15) is 0 Å². The van der Waals surface area contributed by atoms with E-state index in [0.717, 1.165) is 6.54 Å². The number of nitrogens with zero attached hydrogens (tertiary/aromatic N) is 3. The predicted molar refractivity (Wildman–Crippen MR) is 563 cm³/mol. The smallest absolute Gasteiger partial charge is 0.0541 e. The molecule has 3 heteroatoms. The highest BCUT2D eigenvalue weighted by atomic mass is 15.0. The first-order chi connectivity index (χ1) is 64.3. The molecule has 21 aromatic carbocycles. The Balaban J connectivity index is 0.000000149. The second kappa shape index (κ2) is 32.4. The quantitative estimate of drug-likeness (QED) is 0.102. The Labute approximate surface area is 765 Å². The van der Waals surface area contributed by atoms with Crippen LogP contribution >= 0.6 is 0 Å². The molecule has 624 valence electrons. The van der Waals surface area contributed by atoms with E-state index in [1.54, 1.807) is 0 Å². The molecule has 0 aliphatic heterocycles. The number of rotatable bonds is 13. The van der Waals surface area contributed by atoms with Gasteiger partial charge in [0.15, 0.2) is 0 Å². The van der Waals surface area contributed by atoms with Gasteiger partial charge >= 0.3 is 0 Å². The molecule has 3 nitrogen and oxygen atoms in total. The lowest BCUT2D eigenvalue weighted by molar-refractivity contribution is 0.827. The molecule has 0 aliphatic rings. The number of para-hydroxylation sites is 5. The minimum absolute atomic E-state index is 0.951. The van der Waals surface area contributed by atoms with E-state index in [-0.39, 0.29) is 0 Å². The Morgan fingerprint density at radius 3 is 0.656 bits per heavy atom. The summed E-state index contributed by atoms with van der Waals surface area (Å²) in [5, 5.41) is 18.1. The van der Waals surface area contributed by atoms with Crippen LogP contribution in [0, 0.1) is 55.4 Å². The molecule has 0 saturated heterocycles. The molecule has 24 aromatic rings. The Hall–Kier alpha value is -15.9. The minimum atomic E-state index is 0.951. The summed E-state index contributed by atoms with van der Waals surface area (Å²) in [6.07, 6.45) is 0. The number of fused-ring (bicyclic) bond motifs is 13. The summed E-state index contributed by atoms with van der Waals surface area (Å²) in [6.45, 7) is 21.8. The van der Waals surface area contributed by atoms with Gasteiger partial charge in [-0.15, -0.1) is 0 Å². The van der Waals surface area contributed by atoms with Crippen molar-refractivity contribution in [2.45, 2.75) is 68.9 Å². The van der Waals surface area contributed by atoms with Gasteiger partial charge in [-0.25, -0.2) is 0 Å². The van der Waals surface area contributed by atoms with Crippen LogP contribution < -0.4 is 0 Å². The monoisotopic (exact) mass is 1680 g/mol. The summed E-state index contributed by atoms with van der Waals surface area (Å²) in [6, 6.07) is 152. The zero-order chi connectivity index (χ0) is 88.4. The second-order valence-corrected chi connectivity index (χ2v) is 35.8. The van der Waals surface area contributed by atoms with E-state index in [1.807, 2.05) is 0 Å². The molecule has 3 aromatic heterocycles. The zero-order valence-corrected chi connectivity index (χ0v) is 75.3. The van der Waals surface area contributed by atoms with Crippen LogP contribution in [0.15, 0.2) is 413 Å². The first-order valence-corrected chi connectivity index (χ1v) is 46.1. The lowest BCUT2D eigenvalue weighted by Crippen LogP contribution is -2.03. The third kappa shape index (κ3) is 13.3. The molecule has 3 heterocycles. The molecule has 0 fully saturated rings. The maximum Gasteiger partial charge on any atom is 0.0541 e. The van der Waals surface area contributed by atoms with Crippen LogP contribution in [0.2, 0.25) is 0 Å². The van der Waals surface area contributed by atoms with E-state index in [4.69, 9.17) is 0 Å². The summed E-state index contributed by atoms with van der Waals surface area (Å²) in [7, 11) is 0. The number of hydrogen-bond donors (Lipinski definition) is 0. The Morgan fingerprint density at radius 2 is 0.351 bits per heavy atom. The van der Waals surface area contributed by atoms with Gasteiger partial charge in [-0.3, -0.25) is 0 Å². The van der Waals surface area contributed by atoms with E-state index in [2.05, 4.69) is 489 Å². The number of benzene rings is 21. The molecular formula is C128H97N3. The summed E-state index contributed by atoms with van der Waals surface area (Å²) >= 11 is 0. The van der Waals surface area contributed by atoms with Gasteiger partial charge in [0, 0.05) is 61.3 Å². The molecular weight excluding hydrogens is 1580 g/mol. The molecule has 0 radical (unpaired) electrons. The van der Waals surface area contributed by atoms with Gasteiger partial charge in [0.2, 0.25) is 0 Å². The van der Waals surface area contributed by atoms with Crippen molar-refractivity contribution < 1.29 is 0 Å². The van der Waals surface area contributed by atoms with E-state index in [0.29, 0.717) is 0 Å². The summed E-state index contributed by atoms with van der Waals surface area (Å²) < 4.78 is 7.17. The topological polar surface area (TPSA) is 14.8 Å². The Kier molecular flexibility index (Phi) is 19.7. The van der Waals surface area contributed by atoms with Crippen LogP contribution in [-0.2, 0) is 6.54 Å². The third-order valence-electron chi connectivity index (χ3n) is 29.0. The Morgan fingerprint density at radius 1 is 0.153 bits per heavy atom. The van der Waals surface area contributed by atoms with Crippen molar-refractivity contribution in [2.75, 3.05) is 0 Å². The van der Waals surface area contributed by atoms with E-state index < -0.39 is 0 Å². The maximum absolute atomic E-state index is 2.42. The number of hydrogen-bond acceptors (Lipinski definition) is 0. The molecule has 0 bridgehead atoms. The van der Waals surface area contributed by atoms with Crippen molar-refractivity contribution in [1.29, 1.82) is 0 Å². The molecule has 0 saturated carbocycles. The maximum atomic E-state index is 2.42. The van der Waals surface area contributed by atoms with Crippen LogP contribution in [-0.4, -0.2) is 13.7 Å². The van der Waals surface area contributed by atoms with Crippen molar-refractivity contribution in [1.82, 2.24) is 13.7 Å². The molecule has 0 spiro atoms. The number of aromatic nitrogens is 3. The average molecular weight is 1680 g/mol. The first-order valence-electron chi connectivity index (χ1n) is 46.1. The summed E-state index contributed by atoms with van der Waals surface area (Å²) in [4.78, 5) is 0. The van der Waals surface area contributed by atoms with Crippen molar-refractivity contribution >= 4 is 109 Å². The van der Waals surface area contributed by atoms with Gasteiger partial charge in [-0.1, -0.05) is 334 Å².